The van der Waals surface area contributed by atoms with Crippen molar-refractivity contribution in [2.75, 3.05) is 14.2 Å². The van der Waals surface area contributed by atoms with E-state index in [9.17, 15) is 4.79 Å². The molecule has 72 valence electrons. The lowest BCUT2D eigenvalue weighted by molar-refractivity contribution is 0.0600. The lowest BCUT2D eigenvalue weighted by Gasteiger charge is -2.05. The van der Waals surface area contributed by atoms with Gasteiger partial charge in [0.15, 0.2) is 0 Å². The van der Waals surface area contributed by atoms with Crippen molar-refractivity contribution in [1.29, 1.82) is 5.26 Å². The van der Waals surface area contributed by atoms with Gasteiger partial charge in [-0.05, 0) is 12.1 Å². The minimum Gasteiger partial charge on any atom is -0.495 e. The zero-order valence-corrected chi connectivity index (χ0v) is 7.90. The Labute approximate surface area is 81.7 Å². The van der Waals surface area contributed by atoms with E-state index >= 15 is 0 Å². The van der Waals surface area contributed by atoms with Crippen LogP contribution in [0.5, 0.6) is 5.75 Å². The molecule has 14 heavy (non-hydrogen) atoms. The van der Waals surface area contributed by atoms with Crippen LogP contribution in [0.15, 0.2) is 18.2 Å². The van der Waals surface area contributed by atoms with Crippen molar-refractivity contribution in [2.45, 2.75) is 0 Å². The van der Waals surface area contributed by atoms with Gasteiger partial charge in [-0.25, -0.2) is 4.79 Å². The number of ether oxygens (including phenoxy) is 2. The largest absolute Gasteiger partial charge is 0.495 e. The van der Waals surface area contributed by atoms with Crippen molar-refractivity contribution in [2.24, 2.45) is 0 Å². The molecule has 0 unspecified atom stereocenters. The first kappa shape index (κ1) is 10.1. The van der Waals surface area contributed by atoms with E-state index in [2.05, 4.69) is 4.74 Å². The molecule has 0 fully saturated rings. The van der Waals surface area contributed by atoms with E-state index in [4.69, 9.17) is 10.00 Å². The second-order valence-electron chi connectivity index (χ2n) is 2.49. The first-order valence-corrected chi connectivity index (χ1v) is 3.90. The van der Waals surface area contributed by atoms with Crippen LogP contribution in [0.2, 0.25) is 0 Å². The van der Waals surface area contributed by atoms with E-state index in [1.807, 2.05) is 6.07 Å². The molecule has 0 aliphatic heterocycles. The number of carbonyl (C=O) groups excluding carboxylic acids is 1. The molecule has 0 bridgehead atoms. The molecule has 1 aromatic rings. The van der Waals surface area contributed by atoms with Gasteiger partial charge in [-0.15, -0.1) is 0 Å². The summed E-state index contributed by atoms with van der Waals surface area (Å²) in [5.41, 5.74) is 0.413. The molecule has 0 heterocycles. The van der Waals surface area contributed by atoms with Crippen LogP contribution in [0.3, 0.4) is 0 Å². The van der Waals surface area contributed by atoms with Crippen LogP contribution in [0.4, 0.5) is 0 Å². The number of hydrogen-bond acceptors (Lipinski definition) is 4. The van der Waals surface area contributed by atoms with Crippen LogP contribution in [-0.4, -0.2) is 20.2 Å². The number of nitrogens with zero attached hydrogens (tertiary/aromatic N) is 1. The number of esters is 1. The maximum absolute atomic E-state index is 11.2. The average Bonchev–Trinajstić information content (AvgIpc) is 2.26. The van der Waals surface area contributed by atoms with Crippen molar-refractivity contribution in [3.05, 3.63) is 29.3 Å². The van der Waals surface area contributed by atoms with Crippen molar-refractivity contribution < 1.29 is 14.3 Å². The van der Waals surface area contributed by atoms with E-state index in [0.717, 1.165) is 0 Å². The van der Waals surface area contributed by atoms with Gasteiger partial charge in [0.2, 0.25) is 0 Å². The van der Waals surface area contributed by atoms with Gasteiger partial charge < -0.3 is 9.47 Å². The Balaban J connectivity index is 3.31. The van der Waals surface area contributed by atoms with Crippen LogP contribution < -0.4 is 4.74 Å². The Hall–Kier alpha value is -2.02. The highest BCUT2D eigenvalue weighted by atomic mass is 16.5. The predicted molar refractivity (Wildman–Crippen MR) is 49.0 cm³/mol. The highest BCUT2D eigenvalue weighted by molar-refractivity contribution is 5.93. The monoisotopic (exact) mass is 191 g/mol. The second kappa shape index (κ2) is 4.28. The number of rotatable bonds is 2. The van der Waals surface area contributed by atoms with E-state index in [-0.39, 0.29) is 11.1 Å². The Morgan fingerprint density at radius 3 is 2.64 bits per heavy atom. The number of benzene rings is 1. The number of nitriles is 1. The van der Waals surface area contributed by atoms with Gasteiger partial charge in [-0.2, -0.15) is 5.26 Å². The standard InChI is InChI=1S/C10H9NO3/c1-13-9-5-3-4-7(8(9)6-11)10(12)14-2/h3-5H,1-2H3. The highest BCUT2D eigenvalue weighted by Gasteiger charge is 2.14. The van der Waals surface area contributed by atoms with Crippen LogP contribution in [0, 0.1) is 11.3 Å². The van der Waals surface area contributed by atoms with E-state index < -0.39 is 5.97 Å². The van der Waals surface area contributed by atoms with E-state index in [0.29, 0.717) is 5.75 Å². The third kappa shape index (κ3) is 1.67. The van der Waals surface area contributed by atoms with Gasteiger partial charge in [0.05, 0.1) is 19.8 Å². The Morgan fingerprint density at radius 2 is 2.14 bits per heavy atom. The molecule has 0 spiro atoms. The molecule has 1 rings (SSSR count). The lowest BCUT2D eigenvalue weighted by Crippen LogP contribution is -2.05. The van der Waals surface area contributed by atoms with Crippen LogP contribution >= 0.6 is 0 Å². The molecule has 0 saturated carbocycles. The smallest absolute Gasteiger partial charge is 0.339 e. The van der Waals surface area contributed by atoms with Gasteiger partial charge >= 0.3 is 5.97 Å². The van der Waals surface area contributed by atoms with Gasteiger partial charge in [-0.1, -0.05) is 6.07 Å². The molecule has 0 aromatic heterocycles. The van der Waals surface area contributed by atoms with Gasteiger partial charge in [0.25, 0.3) is 0 Å². The second-order valence-corrected chi connectivity index (χ2v) is 2.49. The van der Waals surface area contributed by atoms with Crippen molar-refractivity contribution in [3.63, 3.8) is 0 Å². The summed E-state index contributed by atoms with van der Waals surface area (Å²) in [7, 11) is 2.71. The SMILES string of the molecule is COC(=O)c1cccc(OC)c1C#N. The molecule has 0 saturated heterocycles. The predicted octanol–water partition coefficient (Wildman–Crippen LogP) is 1.35. The summed E-state index contributed by atoms with van der Waals surface area (Å²) >= 11 is 0. The molecule has 0 amide bonds. The summed E-state index contributed by atoms with van der Waals surface area (Å²) < 4.78 is 9.47. The third-order valence-corrected chi connectivity index (χ3v) is 1.76. The summed E-state index contributed by atoms with van der Waals surface area (Å²) in [5, 5.41) is 8.84. The highest BCUT2D eigenvalue weighted by Crippen LogP contribution is 2.21. The minimum atomic E-state index is -0.541. The van der Waals surface area contributed by atoms with Gasteiger partial charge in [0, 0.05) is 0 Å². The molecule has 1 aromatic carbocycles. The van der Waals surface area contributed by atoms with Crippen molar-refractivity contribution in [1.82, 2.24) is 0 Å². The fourth-order valence-electron chi connectivity index (χ4n) is 1.10. The molecule has 0 atom stereocenters. The molecule has 4 nitrogen and oxygen atoms in total. The topological polar surface area (TPSA) is 59.3 Å². The maximum Gasteiger partial charge on any atom is 0.339 e. The number of hydrogen-bond donors (Lipinski definition) is 0. The first-order valence-electron chi connectivity index (χ1n) is 3.90. The lowest BCUT2D eigenvalue weighted by atomic mass is 10.1. The molecule has 0 N–H and O–H groups in total. The zero-order chi connectivity index (χ0) is 10.6. The Morgan fingerprint density at radius 1 is 1.43 bits per heavy atom. The number of carbonyl (C=O) groups is 1. The molecule has 0 aliphatic rings. The summed E-state index contributed by atoms with van der Waals surface area (Å²) in [5.74, 6) is -0.171. The first-order chi connectivity index (χ1) is 6.74. The zero-order valence-electron chi connectivity index (χ0n) is 7.90. The van der Waals surface area contributed by atoms with Crippen LogP contribution in [0.1, 0.15) is 15.9 Å². The van der Waals surface area contributed by atoms with Crippen molar-refractivity contribution >= 4 is 5.97 Å². The third-order valence-electron chi connectivity index (χ3n) is 1.76. The van der Waals surface area contributed by atoms with Gasteiger partial charge in [-0.3, -0.25) is 0 Å². The minimum absolute atomic E-state index is 0.196. The molecule has 4 heteroatoms. The molecular weight excluding hydrogens is 182 g/mol. The quantitative estimate of drug-likeness (QED) is 0.662. The fourth-order valence-corrected chi connectivity index (χ4v) is 1.10. The molecule has 0 aliphatic carbocycles. The Bertz CT molecular complexity index is 393. The summed E-state index contributed by atoms with van der Waals surface area (Å²) in [6.07, 6.45) is 0. The van der Waals surface area contributed by atoms with Crippen LogP contribution in [0.25, 0.3) is 0 Å². The summed E-state index contributed by atoms with van der Waals surface area (Å²) in [6.45, 7) is 0. The van der Waals surface area contributed by atoms with E-state index in [1.165, 1.54) is 20.3 Å². The summed E-state index contributed by atoms with van der Waals surface area (Å²) in [6, 6.07) is 6.67. The van der Waals surface area contributed by atoms with Crippen molar-refractivity contribution in [3.8, 4) is 11.8 Å². The fraction of sp³-hybridized carbons (Fsp3) is 0.200. The summed E-state index contributed by atoms with van der Waals surface area (Å²) in [4.78, 5) is 11.2. The number of methoxy groups -OCH3 is 2. The Kier molecular flexibility index (Phi) is 3.08. The maximum atomic E-state index is 11.2. The average molecular weight is 191 g/mol. The van der Waals surface area contributed by atoms with Crippen LogP contribution in [-0.2, 0) is 4.74 Å². The molecular formula is C10H9NO3. The van der Waals surface area contributed by atoms with E-state index in [1.54, 1.807) is 12.1 Å². The normalized spacial score (nSPS) is 8.93. The van der Waals surface area contributed by atoms with Gasteiger partial charge in [0.1, 0.15) is 17.4 Å². The molecule has 0 radical (unpaired) electrons.